The fourth-order valence-corrected chi connectivity index (χ4v) is 4.87. The molecule has 35 heavy (non-hydrogen) atoms. The molecule has 1 atom stereocenters. The van der Waals surface area contributed by atoms with Crippen LogP contribution in [0.25, 0.3) is 11.0 Å². The van der Waals surface area contributed by atoms with E-state index in [2.05, 4.69) is 20.0 Å². The number of aromatic nitrogens is 2. The van der Waals surface area contributed by atoms with Gasteiger partial charge in [-0.25, -0.2) is 9.37 Å². The summed E-state index contributed by atoms with van der Waals surface area (Å²) in [6.07, 6.45) is -0.964. The van der Waals surface area contributed by atoms with Crippen molar-refractivity contribution in [2.75, 3.05) is 32.8 Å². The third kappa shape index (κ3) is 5.13. The zero-order valence-corrected chi connectivity index (χ0v) is 19.3. The molecule has 0 unspecified atom stereocenters. The van der Waals surface area contributed by atoms with Gasteiger partial charge in [0.25, 0.3) is 5.91 Å². The van der Waals surface area contributed by atoms with E-state index in [-0.39, 0.29) is 29.5 Å². The van der Waals surface area contributed by atoms with Crippen LogP contribution in [0, 0.1) is 5.82 Å². The van der Waals surface area contributed by atoms with Gasteiger partial charge >= 0.3 is 6.11 Å². The maximum absolute atomic E-state index is 15.0. The molecule has 4 heterocycles. The van der Waals surface area contributed by atoms with Gasteiger partial charge in [0, 0.05) is 55.3 Å². The Morgan fingerprint density at radius 2 is 1.97 bits per heavy atom. The zero-order valence-electron chi connectivity index (χ0n) is 19.3. The van der Waals surface area contributed by atoms with Crippen LogP contribution < -0.4 is 10.1 Å². The van der Waals surface area contributed by atoms with Gasteiger partial charge in [0.05, 0.1) is 12.8 Å². The Morgan fingerprint density at radius 3 is 2.63 bits per heavy atom. The number of halogens is 3. The average molecular weight is 489 g/mol. The molecular weight excluding hydrogens is 461 g/mol. The van der Waals surface area contributed by atoms with Crippen molar-refractivity contribution in [1.82, 2.24) is 20.2 Å². The number of fused-ring (bicyclic) bond motifs is 1. The molecule has 0 radical (unpaired) electrons. The van der Waals surface area contributed by atoms with Crippen LogP contribution in [0.5, 0.6) is 5.75 Å². The van der Waals surface area contributed by atoms with E-state index >= 15 is 0 Å². The van der Waals surface area contributed by atoms with E-state index in [1.807, 2.05) is 6.07 Å². The number of piperidine rings is 1. The first-order valence-corrected chi connectivity index (χ1v) is 11.7. The quantitative estimate of drug-likeness (QED) is 0.558. The number of hydrogen-bond acceptors (Lipinski definition) is 5. The van der Waals surface area contributed by atoms with Crippen molar-refractivity contribution in [3.8, 4) is 5.75 Å². The summed E-state index contributed by atoms with van der Waals surface area (Å²) < 4.78 is 51.3. The monoisotopic (exact) mass is 488 g/mol. The van der Waals surface area contributed by atoms with Crippen molar-refractivity contribution in [1.29, 1.82) is 0 Å². The van der Waals surface area contributed by atoms with E-state index in [1.165, 1.54) is 30.5 Å². The molecule has 2 N–H and O–H groups in total. The minimum Gasteiger partial charge on any atom is -0.433 e. The SMILES string of the molecule is CC(F)(F)Oc1ccc(C(=O)N2CCC(c3c(F)cnc4[nH]c([C@@H]5CNCCO5)cc34)CC2)cc1. The number of aromatic amines is 1. The number of carbonyl (C=O) groups is 1. The molecule has 7 nitrogen and oxygen atoms in total. The highest BCUT2D eigenvalue weighted by atomic mass is 19.3. The highest BCUT2D eigenvalue weighted by Gasteiger charge is 2.29. The van der Waals surface area contributed by atoms with E-state index in [0.29, 0.717) is 62.8 Å². The number of nitrogens with zero attached hydrogens (tertiary/aromatic N) is 2. The molecule has 1 amide bonds. The lowest BCUT2D eigenvalue weighted by molar-refractivity contribution is -0.158. The first kappa shape index (κ1) is 23.6. The Morgan fingerprint density at radius 1 is 1.23 bits per heavy atom. The normalized spacial score (nSPS) is 19.8. The van der Waals surface area contributed by atoms with E-state index in [1.54, 1.807) is 4.90 Å². The Hall–Kier alpha value is -3.11. The number of morpholine rings is 1. The molecule has 0 bridgehead atoms. The molecular formula is C25H27F3N4O3. The summed E-state index contributed by atoms with van der Waals surface area (Å²) >= 11 is 0. The van der Waals surface area contributed by atoms with Crippen molar-refractivity contribution in [3.63, 3.8) is 0 Å². The first-order chi connectivity index (χ1) is 16.8. The van der Waals surface area contributed by atoms with Gasteiger partial charge in [-0.05, 0) is 49.1 Å². The van der Waals surface area contributed by atoms with Crippen molar-refractivity contribution >= 4 is 16.9 Å². The van der Waals surface area contributed by atoms with Gasteiger partial charge in [-0.3, -0.25) is 4.79 Å². The summed E-state index contributed by atoms with van der Waals surface area (Å²) in [5, 5.41) is 4.04. The third-order valence-corrected chi connectivity index (χ3v) is 6.54. The Labute approximate surface area is 200 Å². The second kappa shape index (κ2) is 9.50. The third-order valence-electron chi connectivity index (χ3n) is 6.54. The summed E-state index contributed by atoms with van der Waals surface area (Å²) in [5.74, 6) is -0.602. The van der Waals surface area contributed by atoms with Crippen molar-refractivity contribution in [2.24, 2.45) is 0 Å². The number of amides is 1. The molecule has 1 aromatic carbocycles. The molecule has 3 aromatic rings. The topological polar surface area (TPSA) is 79.5 Å². The van der Waals surface area contributed by atoms with Crippen LogP contribution in [0.4, 0.5) is 13.2 Å². The lowest BCUT2D eigenvalue weighted by Gasteiger charge is -2.32. The number of ether oxygens (including phenoxy) is 2. The molecule has 2 fully saturated rings. The fraction of sp³-hybridized carbons (Fsp3) is 0.440. The van der Waals surface area contributed by atoms with Gasteiger partial charge in [-0.15, -0.1) is 0 Å². The van der Waals surface area contributed by atoms with Gasteiger partial charge < -0.3 is 24.7 Å². The van der Waals surface area contributed by atoms with E-state index in [9.17, 15) is 18.0 Å². The molecule has 0 saturated carbocycles. The second-order valence-corrected chi connectivity index (χ2v) is 9.07. The molecule has 5 rings (SSSR count). The molecule has 2 aromatic heterocycles. The standard InChI is InChI=1S/C25H27F3N4O3/c1-25(27,28)35-17-4-2-16(3-5-17)24(33)32-9-6-15(7-10-32)22-18-12-20(21-14-29-8-11-34-21)31-23(18)30-13-19(22)26/h2-5,12-13,15,21,29H,6-11,14H2,1H3,(H,30,31)/t21-/m0/s1. The molecule has 2 aliphatic heterocycles. The van der Waals surface area contributed by atoms with Crippen LogP contribution in [0.15, 0.2) is 36.5 Å². The molecule has 10 heteroatoms. The van der Waals surface area contributed by atoms with E-state index in [4.69, 9.17) is 4.74 Å². The number of alkyl halides is 2. The number of rotatable bonds is 5. The van der Waals surface area contributed by atoms with Crippen LogP contribution in [0.1, 0.15) is 53.4 Å². The zero-order chi connectivity index (χ0) is 24.6. The maximum Gasteiger partial charge on any atom is 0.394 e. The fourth-order valence-electron chi connectivity index (χ4n) is 4.87. The summed E-state index contributed by atoms with van der Waals surface area (Å²) in [4.78, 5) is 22.1. The summed E-state index contributed by atoms with van der Waals surface area (Å²) in [6.45, 7) is 3.68. The minimum atomic E-state index is -3.29. The lowest BCUT2D eigenvalue weighted by atomic mass is 9.87. The maximum atomic E-state index is 15.0. The smallest absolute Gasteiger partial charge is 0.394 e. The largest absolute Gasteiger partial charge is 0.433 e. The number of carbonyl (C=O) groups excluding carboxylic acids is 1. The molecule has 186 valence electrons. The number of nitrogens with one attached hydrogen (secondary N) is 2. The first-order valence-electron chi connectivity index (χ1n) is 11.7. The van der Waals surface area contributed by atoms with Crippen LogP contribution >= 0.6 is 0 Å². The predicted octanol–water partition coefficient (Wildman–Crippen LogP) is 4.37. The highest BCUT2D eigenvalue weighted by molar-refractivity contribution is 5.94. The number of hydrogen-bond donors (Lipinski definition) is 2. The number of likely N-dealkylation sites (tertiary alicyclic amines) is 1. The van der Waals surface area contributed by atoms with Crippen molar-refractivity contribution in [2.45, 2.75) is 37.9 Å². The molecule has 2 saturated heterocycles. The van der Waals surface area contributed by atoms with Gasteiger partial charge in [0.2, 0.25) is 0 Å². The lowest BCUT2D eigenvalue weighted by Crippen LogP contribution is -2.38. The average Bonchev–Trinajstić information content (AvgIpc) is 3.28. The molecule has 0 aliphatic carbocycles. The summed E-state index contributed by atoms with van der Waals surface area (Å²) in [7, 11) is 0. The minimum absolute atomic E-state index is 0.00906. The Balaban J connectivity index is 1.28. The predicted molar refractivity (Wildman–Crippen MR) is 123 cm³/mol. The van der Waals surface area contributed by atoms with Crippen LogP contribution in [0.3, 0.4) is 0 Å². The highest BCUT2D eigenvalue weighted by Crippen LogP contribution is 2.36. The van der Waals surface area contributed by atoms with Gasteiger partial charge in [-0.2, -0.15) is 8.78 Å². The number of pyridine rings is 1. The number of benzene rings is 1. The molecule has 2 aliphatic rings. The molecule has 0 spiro atoms. The van der Waals surface area contributed by atoms with Crippen LogP contribution in [-0.4, -0.2) is 59.7 Å². The van der Waals surface area contributed by atoms with Gasteiger partial charge in [0.1, 0.15) is 23.3 Å². The number of H-pyrrole nitrogens is 1. The van der Waals surface area contributed by atoms with Gasteiger partial charge in [-0.1, -0.05) is 0 Å². The second-order valence-electron chi connectivity index (χ2n) is 9.07. The van der Waals surface area contributed by atoms with E-state index in [0.717, 1.165) is 17.6 Å². The van der Waals surface area contributed by atoms with Crippen LogP contribution in [0.2, 0.25) is 0 Å². The summed E-state index contributed by atoms with van der Waals surface area (Å²) in [6, 6.07) is 7.60. The van der Waals surface area contributed by atoms with Crippen LogP contribution in [-0.2, 0) is 4.74 Å². The van der Waals surface area contributed by atoms with E-state index < -0.39 is 6.11 Å². The summed E-state index contributed by atoms with van der Waals surface area (Å²) in [5.41, 5.74) is 2.51. The Kier molecular flexibility index (Phi) is 6.41. The van der Waals surface area contributed by atoms with Crippen molar-refractivity contribution < 1.29 is 27.4 Å². The Bertz CT molecular complexity index is 1200. The van der Waals surface area contributed by atoms with Crippen molar-refractivity contribution in [3.05, 3.63) is 59.2 Å². The van der Waals surface area contributed by atoms with Gasteiger partial charge in [0.15, 0.2) is 0 Å².